The van der Waals surface area contributed by atoms with Crippen molar-refractivity contribution in [3.8, 4) is 0 Å². The van der Waals surface area contributed by atoms with Crippen LogP contribution in [0, 0.1) is 50.7 Å². The molecule has 0 aromatic heterocycles. The molecule has 0 spiro atoms. The second kappa shape index (κ2) is 43.2. The van der Waals surface area contributed by atoms with E-state index in [0.717, 1.165) is 83.5 Å². The summed E-state index contributed by atoms with van der Waals surface area (Å²) in [4.78, 5) is 106. The first-order chi connectivity index (χ1) is 47.9. The molecule has 0 aromatic rings. The van der Waals surface area contributed by atoms with Gasteiger partial charge in [-0.2, -0.15) is 0 Å². The number of unbranched alkanes of at least 4 members (excludes halogenated alkanes) is 3. The second-order valence-electron chi connectivity index (χ2n) is 36.1. The quantitative estimate of drug-likeness (QED) is 0.0501. The van der Waals surface area contributed by atoms with Crippen molar-refractivity contribution in [2.45, 2.75) is 389 Å². The SMILES string of the molecule is CCC(C)(C)C(=O)OC1CCN(C(=O)OC(C(C)C)(C(C)C)C(C)C)CC1.CCC(C)(C)C(=O)OC1CCN(C(=O)OC(C)(C)C(C)(C)C)CC1.CCC(C)(C)C(=O)OC1CCN(C(=O)OC(C)(C)C(C)C)CC1.CCCCC(CCCC)(CCCC)OC(=O)N1CCC(OC(=O)C(C)(C)CC)CC1. The van der Waals surface area contributed by atoms with Crippen molar-refractivity contribution >= 4 is 48.3 Å². The van der Waals surface area contributed by atoms with Gasteiger partial charge in [0.2, 0.25) is 0 Å². The van der Waals surface area contributed by atoms with Gasteiger partial charge in [0.15, 0.2) is 0 Å². The zero-order chi connectivity index (χ0) is 80.2. The van der Waals surface area contributed by atoms with E-state index in [2.05, 4.69) is 83.1 Å². The molecule has 20 heteroatoms. The predicted octanol–water partition coefficient (Wildman–Crippen LogP) is 20.5. The second-order valence-corrected chi connectivity index (χ2v) is 36.1. The number of piperidine rings is 4. The predicted molar refractivity (Wildman–Crippen MR) is 416 cm³/mol. The van der Waals surface area contributed by atoms with Gasteiger partial charge in [-0.15, -0.1) is 0 Å². The molecular formula is C84H156N4O16. The minimum Gasteiger partial charge on any atom is -0.462 e. The highest BCUT2D eigenvalue weighted by Crippen LogP contribution is 2.40. The molecule has 4 amide bonds. The van der Waals surface area contributed by atoms with E-state index >= 15 is 0 Å². The van der Waals surface area contributed by atoms with E-state index in [1.165, 1.54) is 0 Å². The molecule has 0 radical (unpaired) electrons. The Bertz CT molecular complexity index is 2540. The summed E-state index contributed by atoms with van der Waals surface area (Å²) in [6.07, 6.45) is 16.4. The maximum Gasteiger partial charge on any atom is 0.410 e. The average molecular weight is 1480 g/mol. The fraction of sp³-hybridized carbons (Fsp3) is 0.905. The molecular weight excluding hydrogens is 1320 g/mol. The number of likely N-dealkylation sites (tertiary alicyclic amines) is 4. The van der Waals surface area contributed by atoms with E-state index < -0.39 is 38.5 Å². The molecule has 0 N–H and O–H groups in total. The van der Waals surface area contributed by atoms with Gasteiger partial charge < -0.3 is 57.5 Å². The molecule has 4 rings (SSSR count). The van der Waals surface area contributed by atoms with E-state index in [1.807, 2.05) is 130 Å². The number of hydrogen-bond donors (Lipinski definition) is 0. The Kier molecular flexibility index (Phi) is 40.3. The molecule has 4 heterocycles. The maximum absolute atomic E-state index is 13.0. The van der Waals surface area contributed by atoms with Crippen LogP contribution < -0.4 is 0 Å². The van der Waals surface area contributed by atoms with Crippen molar-refractivity contribution in [3.05, 3.63) is 0 Å². The van der Waals surface area contributed by atoms with Crippen LogP contribution in [0.1, 0.15) is 343 Å². The van der Waals surface area contributed by atoms with Gasteiger partial charge in [0.25, 0.3) is 0 Å². The highest BCUT2D eigenvalue weighted by atomic mass is 16.6. The van der Waals surface area contributed by atoms with Gasteiger partial charge in [-0.1, -0.05) is 144 Å². The third-order valence-corrected chi connectivity index (χ3v) is 23.8. The summed E-state index contributed by atoms with van der Waals surface area (Å²) in [5.41, 5.74) is -3.77. The summed E-state index contributed by atoms with van der Waals surface area (Å²) in [5, 5.41) is 0. The van der Waals surface area contributed by atoms with E-state index in [-0.39, 0.29) is 107 Å². The van der Waals surface area contributed by atoms with E-state index in [1.54, 1.807) is 14.7 Å². The molecule has 4 aliphatic heterocycles. The van der Waals surface area contributed by atoms with Crippen LogP contribution in [-0.2, 0) is 57.1 Å². The number of rotatable bonds is 29. The van der Waals surface area contributed by atoms with Gasteiger partial charge in [-0.3, -0.25) is 19.2 Å². The van der Waals surface area contributed by atoms with Crippen molar-refractivity contribution in [1.29, 1.82) is 0 Å². The number of nitrogens with zero attached hydrogens (tertiary/aromatic N) is 4. The Morgan fingerprint density at radius 1 is 0.317 bits per heavy atom. The first kappa shape index (κ1) is 97.0. The Morgan fingerprint density at radius 2 is 0.538 bits per heavy atom. The minimum absolute atomic E-state index is 0.0996. The van der Waals surface area contributed by atoms with Crippen molar-refractivity contribution in [1.82, 2.24) is 19.6 Å². The summed E-state index contributed by atoms with van der Waals surface area (Å²) in [7, 11) is 0. The number of amides is 4. The molecule has 0 saturated carbocycles. The maximum atomic E-state index is 13.0. The fourth-order valence-corrected chi connectivity index (χ4v) is 12.1. The van der Waals surface area contributed by atoms with Crippen LogP contribution in [0.25, 0.3) is 0 Å². The van der Waals surface area contributed by atoms with Crippen molar-refractivity contribution < 1.29 is 76.3 Å². The van der Waals surface area contributed by atoms with Crippen molar-refractivity contribution in [3.63, 3.8) is 0 Å². The smallest absolute Gasteiger partial charge is 0.410 e. The lowest BCUT2D eigenvalue weighted by atomic mass is 9.72. The molecule has 20 nitrogen and oxygen atoms in total. The third-order valence-electron chi connectivity index (χ3n) is 23.8. The zero-order valence-corrected chi connectivity index (χ0v) is 71.9. The molecule has 104 heavy (non-hydrogen) atoms. The summed E-state index contributed by atoms with van der Waals surface area (Å²) in [6.45, 7) is 65.0. The standard InChI is InChI=1S/C25H47NO4.C22H41NO4.C19H35NO4.C18H33NO4/c1-7-11-16-25(17-12-8-2,18-13-9-3)30-23(28)26-19-14-21(15-20-26)29-22(27)24(5,6)10-4;1-10-21(8,9)19(24)26-18-11-13-23(14-12-18)20(25)27-22(15(2)3,16(4)5)17(6)7;1-9-18(5,6)15(21)23-14-10-12-20(13-11-14)16(22)24-19(7,8)17(2,3)4;1-8-17(4,5)15(20)22-14-9-11-19(12-10-14)16(21)23-18(6,7)13(2)3/h21H,7-20H2,1-6H3;15-18H,10-14H2,1-9H3;14H,9-13H2,1-8H3;13-14H,8-12H2,1-7H3. The van der Waals surface area contributed by atoms with Gasteiger partial charge in [0, 0.05) is 109 Å². The van der Waals surface area contributed by atoms with Gasteiger partial charge in [-0.25, -0.2) is 19.2 Å². The number of carbonyl (C=O) groups is 8. The molecule has 608 valence electrons. The topological polar surface area (TPSA) is 223 Å². The van der Waals surface area contributed by atoms with Crippen molar-refractivity contribution in [2.75, 3.05) is 52.4 Å². The molecule has 0 aliphatic carbocycles. The molecule has 0 unspecified atom stereocenters. The fourth-order valence-electron chi connectivity index (χ4n) is 12.1. The summed E-state index contributed by atoms with van der Waals surface area (Å²) in [5.74, 6) is 0.361. The highest BCUT2D eigenvalue weighted by molar-refractivity contribution is 5.78. The summed E-state index contributed by atoms with van der Waals surface area (Å²) < 4.78 is 46.3. The first-order valence-electron chi connectivity index (χ1n) is 40.7. The minimum atomic E-state index is -0.543. The number of esters is 4. The molecule has 4 fully saturated rings. The van der Waals surface area contributed by atoms with Crippen LogP contribution in [0.2, 0.25) is 0 Å². The normalized spacial score (nSPS) is 16.9. The van der Waals surface area contributed by atoms with E-state index in [4.69, 9.17) is 37.9 Å². The molecule has 0 aromatic carbocycles. The van der Waals surface area contributed by atoms with Crippen LogP contribution in [0.15, 0.2) is 0 Å². The van der Waals surface area contributed by atoms with Crippen LogP contribution in [0.5, 0.6) is 0 Å². The Labute approximate surface area is 633 Å². The molecule has 0 atom stereocenters. The number of hydrogen-bond acceptors (Lipinski definition) is 16. The largest absolute Gasteiger partial charge is 0.462 e. The number of carbonyl (C=O) groups excluding carboxylic acids is 8. The Hall–Kier alpha value is -5.04. The van der Waals surface area contributed by atoms with Crippen molar-refractivity contribution in [2.24, 2.45) is 50.7 Å². The van der Waals surface area contributed by atoms with Gasteiger partial charge >= 0.3 is 48.3 Å². The lowest BCUT2D eigenvalue weighted by Gasteiger charge is -2.45. The molecule has 4 aliphatic rings. The first-order valence-corrected chi connectivity index (χ1v) is 40.7. The lowest BCUT2D eigenvalue weighted by Crippen LogP contribution is -2.53. The lowest BCUT2D eigenvalue weighted by molar-refractivity contribution is -0.163. The van der Waals surface area contributed by atoms with Crippen LogP contribution >= 0.6 is 0 Å². The Balaban J connectivity index is 0.000000697. The van der Waals surface area contributed by atoms with Crippen LogP contribution in [0.3, 0.4) is 0 Å². The van der Waals surface area contributed by atoms with E-state index in [9.17, 15) is 38.4 Å². The van der Waals surface area contributed by atoms with Gasteiger partial charge in [0.1, 0.15) is 46.8 Å². The summed E-state index contributed by atoms with van der Waals surface area (Å²) in [6, 6.07) is 0. The van der Waals surface area contributed by atoms with Gasteiger partial charge in [-0.05, 0) is 171 Å². The summed E-state index contributed by atoms with van der Waals surface area (Å²) >= 11 is 0. The van der Waals surface area contributed by atoms with Gasteiger partial charge in [0.05, 0.1) is 21.7 Å². The highest BCUT2D eigenvalue weighted by Gasteiger charge is 2.47. The monoisotopic (exact) mass is 1480 g/mol. The van der Waals surface area contributed by atoms with E-state index in [0.29, 0.717) is 104 Å². The average Bonchev–Trinajstić information content (AvgIpc) is 0.786. The zero-order valence-electron chi connectivity index (χ0n) is 71.9. The molecule has 4 saturated heterocycles. The van der Waals surface area contributed by atoms with Crippen LogP contribution in [-0.4, -0.2) is 167 Å². The number of ether oxygens (including phenoxy) is 8. The third kappa shape index (κ3) is 30.5. The Morgan fingerprint density at radius 3 is 0.740 bits per heavy atom. The molecule has 0 bridgehead atoms. The van der Waals surface area contributed by atoms with Crippen LogP contribution in [0.4, 0.5) is 19.2 Å².